The molecule has 6 heteroatoms. The van der Waals surface area contributed by atoms with Gasteiger partial charge in [-0.2, -0.15) is 0 Å². The lowest BCUT2D eigenvalue weighted by atomic mass is 10.1. The van der Waals surface area contributed by atoms with Crippen LogP contribution in [0.2, 0.25) is 0 Å². The minimum atomic E-state index is -3.55. The first-order valence-electron chi connectivity index (χ1n) is 7.45. The van der Waals surface area contributed by atoms with Crippen molar-refractivity contribution in [2.75, 3.05) is 0 Å². The summed E-state index contributed by atoms with van der Waals surface area (Å²) >= 11 is 1.46. The molecule has 1 atom stereocenters. The van der Waals surface area contributed by atoms with Gasteiger partial charge in [-0.05, 0) is 35.4 Å². The second-order valence-corrected chi connectivity index (χ2v) is 8.39. The highest BCUT2D eigenvalue weighted by Crippen LogP contribution is 2.36. The summed E-state index contributed by atoms with van der Waals surface area (Å²) in [6, 6.07) is 15.1. The molecule has 0 spiro atoms. The van der Waals surface area contributed by atoms with Crippen LogP contribution < -0.4 is 5.73 Å². The minimum absolute atomic E-state index is 0.504. The Morgan fingerprint density at radius 1 is 1.12 bits per heavy atom. The summed E-state index contributed by atoms with van der Waals surface area (Å²) in [5.74, 6) is 0. The molecule has 124 valence electrons. The van der Waals surface area contributed by atoms with E-state index in [2.05, 4.69) is 6.58 Å². The van der Waals surface area contributed by atoms with Gasteiger partial charge in [-0.15, -0.1) is 17.9 Å². The van der Waals surface area contributed by atoms with Gasteiger partial charge in [0, 0.05) is 28.7 Å². The second-order valence-electron chi connectivity index (χ2n) is 5.32. The molecule has 3 rings (SSSR count). The maximum atomic E-state index is 12.7. The van der Waals surface area contributed by atoms with E-state index in [0.717, 1.165) is 20.9 Å². The Morgan fingerprint density at radius 2 is 1.79 bits per heavy atom. The Balaban J connectivity index is 1.94. The van der Waals surface area contributed by atoms with E-state index in [-0.39, 0.29) is 0 Å². The summed E-state index contributed by atoms with van der Waals surface area (Å²) in [4.78, 5) is 1.76. The van der Waals surface area contributed by atoms with Gasteiger partial charge >= 0.3 is 0 Å². The standard InChI is InChI=1S/C18H18N2O2S2/c1-2-18(24(21,22)20-11-3-4-12-20)17-10-9-16(23-17)15-7-5-14(13-19)6-8-15/h2-12,18H,1,13,19H2. The molecule has 0 fully saturated rings. The predicted octanol–water partition coefficient (Wildman–Crippen LogP) is 3.78. The smallest absolute Gasteiger partial charge is 0.249 e. The van der Waals surface area contributed by atoms with Gasteiger partial charge < -0.3 is 5.73 Å². The maximum Gasteiger partial charge on any atom is 0.249 e. The first-order chi connectivity index (χ1) is 11.6. The molecular weight excluding hydrogens is 340 g/mol. The number of nitrogens with two attached hydrogens (primary N) is 1. The lowest BCUT2D eigenvalue weighted by molar-refractivity contribution is 0.582. The van der Waals surface area contributed by atoms with Crippen LogP contribution in [0.4, 0.5) is 0 Å². The molecule has 0 aliphatic heterocycles. The molecule has 0 saturated carbocycles. The first kappa shape index (κ1) is 16.7. The van der Waals surface area contributed by atoms with Gasteiger partial charge in [0.25, 0.3) is 0 Å². The quantitative estimate of drug-likeness (QED) is 0.682. The first-order valence-corrected chi connectivity index (χ1v) is 9.77. The van der Waals surface area contributed by atoms with Crippen LogP contribution in [0.1, 0.15) is 15.7 Å². The zero-order valence-electron chi connectivity index (χ0n) is 13.0. The van der Waals surface area contributed by atoms with Crippen LogP contribution in [-0.4, -0.2) is 12.4 Å². The molecule has 1 aromatic carbocycles. The fraction of sp³-hybridized carbons (Fsp3) is 0.111. The Hall–Kier alpha value is -2.15. The normalized spacial score (nSPS) is 12.9. The lowest BCUT2D eigenvalue weighted by Crippen LogP contribution is -2.17. The number of hydrogen-bond acceptors (Lipinski definition) is 4. The second kappa shape index (κ2) is 6.76. The number of benzene rings is 1. The van der Waals surface area contributed by atoms with Crippen molar-refractivity contribution in [2.45, 2.75) is 11.8 Å². The van der Waals surface area contributed by atoms with Crippen LogP contribution >= 0.6 is 11.3 Å². The topological polar surface area (TPSA) is 65.1 Å². The third-order valence-corrected chi connectivity index (χ3v) is 7.07. The van der Waals surface area contributed by atoms with Crippen molar-refractivity contribution in [2.24, 2.45) is 5.73 Å². The highest BCUT2D eigenvalue weighted by Gasteiger charge is 2.27. The van der Waals surface area contributed by atoms with Gasteiger partial charge in [0.2, 0.25) is 10.0 Å². The average Bonchev–Trinajstić information content (AvgIpc) is 3.28. The molecule has 0 aliphatic rings. The summed E-state index contributed by atoms with van der Waals surface area (Å²) in [6.07, 6.45) is 4.54. The zero-order chi connectivity index (χ0) is 17.2. The summed E-state index contributed by atoms with van der Waals surface area (Å²) in [5, 5.41) is -0.771. The van der Waals surface area contributed by atoms with Crippen LogP contribution in [0.5, 0.6) is 0 Å². The van der Waals surface area contributed by atoms with E-state index in [0.29, 0.717) is 6.54 Å². The van der Waals surface area contributed by atoms with E-state index < -0.39 is 15.3 Å². The van der Waals surface area contributed by atoms with Crippen molar-refractivity contribution < 1.29 is 8.42 Å². The van der Waals surface area contributed by atoms with Crippen molar-refractivity contribution in [3.8, 4) is 10.4 Å². The molecule has 0 bridgehead atoms. The fourth-order valence-corrected chi connectivity index (χ4v) is 5.33. The number of aromatic nitrogens is 1. The molecule has 0 saturated heterocycles. The molecular formula is C18H18N2O2S2. The summed E-state index contributed by atoms with van der Waals surface area (Å²) in [6.45, 7) is 4.22. The molecule has 0 radical (unpaired) electrons. The number of rotatable bonds is 6. The largest absolute Gasteiger partial charge is 0.326 e. The third-order valence-electron chi connectivity index (χ3n) is 3.79. The van der Waals surface area contributed by atoms with Gasteiger partial charge in [0.15, 0.2) is 0 Å². The van der Waals surface area contributed by atoms with E-state index in [1.54, 1.807) is 12.1 Å². The molecule has 2 N–H and O–H groups in total. The molecule has 4 nitrogen and oxygen atoms in total. The van der Waals surface area contributed by atoms with Gasteiger partial charge in [0.1, 0.15) is 5.25 Å². The van der Waals surface area contributed by atoms with E-state index in [9.17, 15) is 8.42 Å². The third kappa shape index (κ3) is 3.08. The Morgan fingerprint density at radius 3 is 2.38 bits per heavy atom. The maximum absolute atomic E-state index is 12.7. The molecule has 2 heterocycles. The van der Waals surface area contributed by atoms with Crippen molar-refractivity contribution in [1.82, 2.24) is 3.97 Å². The van der Waals surface area contributed by atoms with Crippen LogP contribution in [-0.2, 0) is 16.6 Å². The molecule has 2 aromatic heterocycles. The SMILES string of the molecule is C=CC(c1ccc(-c2ccc(CN)cc2)s1)S(=O)(=O)n1cccc1. The molecule has 1 unspecified atom stereocenters. The summed E-state index contributed by atoms with van der Waals surface area (Å²) in [7, 11) is -3.55. The number of nitrogens with zero attached hydrogens (tertiary/aromatic N) is 1. The zero-order valence-corrected chi connectivity index (χ0v) is 14.6. The molecule has 3 aromatic rings. The van der Waals surface area contributed by atoms with Crippen molar-refractivity contribution in [3.05, 3.63) is 84.0 Å². The van der Waals surface area contributed by atoms with Gasteiger partial charge in [-0.1, -0.05) is 30.3 Å². The number of thiophene rings is 1. The molecule has 24 heavy (non-hydrogen) atoms. The van der Waals surface area contributed by atoms with Crippen molar-refractivity contribution in [3.63, 3.8) is 0 Å². The molecule has 0 amide bonds. The lowest BCUT2D eigenvalue weighted by Gasteiger charge is -2.13. The van der Waals surface area contributed by atoms with Gasteiger partial charge in [-0.3, -0.25) is 3.97 Å². The summed E-state index contributed by atoms with van der Waals surface area (Å²) < 4.78 is 26.7. The highest BCUT2D eigenvalue weighted by atomic mass is 32.2. The Bertz CT molecular complexity index is 924. The minimum Gasteiger partial charge on any atom is -0.326 e. The summed E-state index contributed by atoms with van der Waals surface area (Å²) in [5.41, 5.74) is 7.73. The van der Waals surface area contributed by atoms with Crippen LogP contribution in [0.15, 0.2) is 73.6 Å². The van der Waals surface area contributed by atoms with E-state index in [1.165, 1.54) is 33.8 Å². The van der Waals surface area contributed by atoms with Gasteiger partial charge in [0.05, 0.1) is 0 Å². The van der Waals surface area contributed by atoms with E-state index >= 15 is 0 Å². The Labute approximate surface area is 145 Å². The van der Waals surface area contributed by atoms with Crippen molar-refractivity contribution in [1.29, 1.82) is 0 Å². The predicted molar refractivity (Wildman–Crippen MR) is 99.3 cm³/mol. The fourth-order valence-electron chi connectivity index (χ4n) is 2.47. The number of hydrogen-bond donors (Lipinski definition) is 1. The van der Waals surface area contributed by atoms with Crippen LogP contribution in [0.25, 0.3) is 10.4 Å². The van der Waals surface area contributed by atoms with Crippen LogP contribution in [0, 0.1) is 0 Å². The van der Waals surface area contributed by atoms with E-state index in [1.807, 2.05) is 36.4 Å². The van der Waals surface area contributed by atoms with Crippen LogP contribution in [0.3, 0.4) is 0 Å². The van der Waals surface area contributed by atoms with Gasteiger partial charge in [-0.25, -0.2) is 8.42 Å². The monoisotopic (exact) mass is 358 g/mol. The average molecular weight is 358 g/mol. The Kier molecular flexibility index (Phi) is 4.71. The van der Waals surface area contributed by atoms with Crippen molar-refractivity contribution >= 4 is 21.4 Å². The molecule has 0 aliphatic carbocycles. The highest BCUT2D eigenvalue weighted by molar-refractivity contribution is 7.90. The van der Waals surface area contributed by atoms with E-state index in [4.69, 9.17) is 5.73 Å².